The Balaban J connectivity index is 1.91. The van der Waals surface area contributed by atoms with E-state index >= 15 is 0 Å². The molecule has 2 rings (SSSR count). The van der Waals surface area contributed by atoms with Crippen LogP contribution in [0.4, 0.5) is 0 Å². The van der Waals surface area contributed by atoms with Crippen molar-refractivity contribution < 1.29 is 0 Å². The summed E-state index contributed by atoms with van der Waals surface area (Å²) >= 11 is 0. The monoisotopic (exact) mass is 181 g/mol. The van der Waals surface area contributed by atoms with E-state index < -0.39 is 0 Å². The fraction of sp³-hybridized carbons (Fsp3) is 0.875. The standard InChI is InChI=1S/C8H15N5/c1-5-3-6(5)7(9)4-8-10-12-13(2)11-8/h5-7H,3-4,9H2,1-2H3. The molecule has 0 aromatic carbocycles. The molecule has 0 aliphatic heterocycles. The molecule has 13 heavy (non-hydrogen) atoms. The van der Waals surface area contributed by atoms with Gasteiger partial charge in [0.25, 0.3) is 0 Å². The molecule has 0 radical (unpaired) electrons. The van der Waals surface area contributed by atoms with Crippen LogP contribution in [0.5, 0.6) is 0 Å². The van der Waals surface area contributed by atoms with Gasteiger partial charge in [0, 0.05) is 12.5 Å². The molecule has 1 aromatic heterocycles. The first kappa shape index (κ1) is 8.62. The zero-order valence-corrected chi connectivity index (χ0v) is 8.01. The highest BCUT2D eigenvalue weighted by Crippen LogP contribution is 2.40. The summed E-state index contributed by atoms with van der Waals surface area (Å²) < 4.78 is 0. The van der Waals surface area contributed by atoms with Crippen LogP contribution < -0.4 is 5.73 Å². The zero-order valence-electron chi connectivity index (χ0n) is 8.01. The van der Waals surface area contributed by atoms with E-state index in [0.717, 1.165) is 18.2 Å². The Kier molecular flexibility index (Phi) is 2.03. The number of aromatic nitrogens is 4. The molecular weight excluding hydrogens is 166 g/mol. The van der Waals surface area contributed by atoms with E-state index in [1.807, 2.05) is 0 Å². The lowest BCUT2D eigenvalue weighted by Gasteiger charge is -2.06. The lowest BCUT2D eigenvalue weighted by atomic mass is 10.1. The Morgan fingerprint density at radius 1 is 1.69 bits per heavy atom. The molecule has 1 fully saturated rings. The predicted molar refractivity (Wildman–Crippen MR) is 47.7 cm³/mol. The third-order valence-corrected chi connectivity index (χ3v) is 2.69. The van der Waals surface area contributed by atoms with E-state index in [4.69, 9.17) is 5.73 Å². The van der Waals surface area contributed by atoms with Gasteiger partial charge in [-0.1, -0.05) is 6.92 Å². The summed E-state index contributed by atoms with van der Waals surface area (Å²) in [5.41, 5.74) is 5.99. The van der Waals surface area contributed by atoms with Crippen LogP contribution in [-0.2, 0) is 13.5 Å². The molecule has 1 aliphatic rings. The van der Waals surface area contributed by atoms with Crippen LogP contribution >= 0.6 is 0 Å². The third kappa shape index (κ3) is 1.85. The maximum atomic E-state index is 5.99. The first-order valence-corrected chi connectivity index (χ1v) is 4.65. The topological polar surface area (TPSA) is 69.6 Å². The first-order chi connectivity index (χ1) is 6.16. The van der Waals surface area contributed by atoms with Crippen molar-refractivity contribution in [1.82, 2.24) is 20.2 Å². The number of rotatable bonds is 3. The molecule has 0 bridgehead atoms. The maximum absolute atomic E-state index is 5.99. The number of hydrogen-bond donors (Lipinski definition) is 1. The number of nitrogens with two attached hydrogens (primary N) is 1. The van der Waals surface area contributed by atoms with Crippen molar-refractivity contribution in [3.05, 3.63) is 5.82 Å². The molecule has 0 saturated heterocycles. The molecule has 3 unspecified atom stereocenters. The predicted octanol–water partition coefficient (Wildman–Crippen LogP) is -0.264. The van der Waals surface area contributed by atoms with Crippen LogP contribution in [0.3, 0.4) is 0 Å². The summed E-state index contributed by atoms with van der Waals surface area (Å²) in [6.45, 7) is 2.23. The lowest BCUT2D eigenvalue weighted by molar-refractivity contribution is 0.544. The van der Waals surface area contributed by atoms with Gasteiger partial charge in [0.2, 0.25) is 0 Å². The fourth-order valence-electron chi connectivity index (χ4n) is 1.71. The Hall–Kier alpha value is -0.970. The van der Waals surface area contributed by atoms with Gasteiger partial charge in [-0.25, -0.2) is 0 Å². The fourth-order valence-corrected chi connectivity index (χ4v) is 1.71. The van der Waals surface area contributed by atoms with Crippen molar-refractivity contribution in [2.24, 2.45) is 24.6 Å². The van der Waals surface area contributed by atoms with Gasteiger partial charge in [0.15, 0.2) is 5.82 Å². The summed E-state index contributed by atoms with van der Waals surface area (Å²) in [5.74, 6) is 2.21. The van der Waals surface area contributed by atoms with Gasteiger partial charge < -0.3 is 5.73 Å². The Labute approximate surface area is 77.3 Å². The normalized spacial score (nSPS) is 28.8. The molecule has 0 amide bonds. The zero-order chi connectivity index (χ0) is 9.42. The number of hydrogen-bond acceptors (Lipinski definition) is 4. The molecule has 5 nitrogen and oxygen atoms in total. The van der Waals surface area contributed by atoms with E-state index in [1.165, 1.54) is 11.2 Å². The van der Waals surface area contributed by atoms with Gasteiger partial charge in [-0.2, -0.15) is 4.80 Å². The van der Waals surface area contributed by atoms with Crippen LogP contribution in [0.1, 0.15) is 19.2 Å². The molecule has 1 saturated carbocycles. The second-order valence-corrected chi connectivity index (χ2v) is 3.94. The lowest BCUT2D eigenvalue weighted by Crippen LogP contribution is -2.26. The highest BCUT2D eigenvalue weighted by molar-refractivity contribution is 4.95. The molecule has 72 valence electrons. The van der Waals surface area contributed by atoms with E-state index in [9.17, 15) is 0 Å². The van der Waals surface area contributed by atoms with Crippen LogP contribution in [-0.4, -0.2) is 26.2 Å². The molecule has 5 heteroatoms. The van der Waals surface area contributed by atoms with E-state index in [1.54, 1.807) is 7.05 Å². The van der Waals surface area contributed by atoms with Crippen molar-refractivity contribution in [1.29, 1.82) is 0 Å². The average Bonchev–Trinajstić information content (AvgIpc) is 2.66. The SMILES string of the molecule is CC1CC1C(N)Cc1nnn(C)n1. The molecule has 1 aromatic rings. The minimum absolute atomic E-state index is 0.208. The minimum Gasteiger partial charge on any atom is -0.327 e. The van der Waals surface area contributed by atoms with Gasteiger partial charge >= 0.3 is 0 Å². The van der Waals surface area contributed by atoms with Gasteiger partial charge in [0.05, 0.1) is 7.05 Å². The highest BCUT2D eigenvalue weighted by atomic mass is 15.6. The minimum atomic E-state index is 0.208. The maximum Gasteiger partial charge on any atom is 0.176 e. The second kappa shape index (κ2) is 3.06. The van der Waals surface area contributed by atoms with Gasteiger partial charge in [-0.3, -0.25) is 0 Å². The van der Waals surface area contributed by atoms with Gasteiger partial charge in [-0.05, 0) is 23.5 Å². The van der Waals surface area contributed by atoms with Crippen molar-refractivity contribution in [2.75, 3.05) is 0 Å². The van der Waals surface area contributed by atoms with Crippen LogP contribution in [0.25, 0.3) is 0 Å². The first-order valence-electron chi connectivity index (χ1n) is 4.65. The van der Waals surface area contributed by atoms with Crippen molar-refractivity contribution in [2.45, 2.75) is 25.8 Å². The third-order valence-electron chi connectivity index (χ3n) is 2.69. The van der Waals surface area contributed by atoms with Crippen LogP contribution in [0, 0.1) is 11.8 Å². The Bertz CT molecular complexity index is 294. The molecule has 1 aliphatic carbocycles. The molecule has 0 spiro atoms. The van der Waals surface area contributed by atoms with E-state index in [2.05, 4.69) is 22.3 Å². The number of nitrogens with zero attached hydrogens (tertiary/aromatic N) is 4. The number of tetrazole rings is 1. The average molecular weight is 181 g/mol. The smallest absolute Gasteiger partial charge is 0.176 e. The molecule has 3 atom stereocenters. The van der Waals surface area contributed by atoms with Crippen LogP contribution in [0.15, 0.2) is 0 Å². The quantitative estimate of drug-likeness (QED) is 0.697. The highest BCUT2D eigenvalue weighted by Gasteiger charge is 2.37. The second-order valence-electron chi connectivity index (χ2n) is 3.94. The van der Waals surface area contributed by atoms with Gasteiger partial charge in [0.1, 0.15) is 0 Å². The van der Waals surface area contributed by atoms with Crippen LogP contribution in [0.2, 0.25) is 0 Å². The summed E-state index contributed by atoms with van der Waals surface area (Å²) in [6, 6.07) is 0.208. The Morgan fingerprint density at radius 2 is 2.38 bits per heavy atom. The summed E-state index contributed by atoms with van der Waals surface area (Å²) in [7, 11) is 1.77. The van der Waals surface area contributed by atoms with Crippen molar-refractivity contribution in [3.8, 4) is 0 Å². The molecular formula is C8H15N5. The molecule has 1 heterocycles. The summed E-state index contributed by atoms with van der Waals surface area (Å²) in [4.78, 5) is 1.47. The van der Waals surface area contributed by atoms with Crippen molar-refractivity contribution >= 4 is 0 Å². The van der Waals surface area contributed by atoms with E-state index in [-0.39, 0.29) is 6.04 Å². The van der Waals surface area contributed by atoms with Gasteiger partial charge in [-0.15, -0.1) is 10.2 Å². The Morgan fingerprint density at radius 3 is 2.85 bits per heavy atom. The number of aryl methyl sites for hydroxylation is 1. The largest absolute Gasteiger partial charge is 0.327 e. The van der Waals surface area contributed by atoms with E-state index in [0.29, 0.717) is 5.92 Å². The summed E-state index contributed by atoms with van der Waals surface area (Å²) in [5, 5.41) is 11.8. The summed E-state index contributed by atoms with van der Waals surface area (Å²) in [6.07, 6.45) is 2.00. The van der Waals surface area contributed by atoms with Crippen molar-refractivity contribution in [3.63, 3.8) is 0 Å². The molecule has 2 N–H and O–H groups in total.